The zero-order valence-corrected chi connectivity index (χ0v) is 20.1. The average Bonchev–Trinajstić information content (AvgIpc) is 2.90. The molecule has 0 N–H and O–H groups in total. The summed E-state index contributed by atoms with van der Waals surface area (Å²) in [5, 5.41) is 0. The van der Waals surface area contributed by atoms with Crippen molar-refractivity contribution in [3.63, 3.8) is 0 Å². The number of rotatable bonds is 10. The summed E-state index contributed by atoms with van der Waals surface area (Å²) in [5.74, 6) is 0.845. The Bertz CT molecular complexity index is 1230. The van der Waals surface area contributed by atoms with Gasteiger partial charge in [0, 0.05) is 18.2 Å². The van der Waals surface area contributed by atoms with Crippen LogP contribution in [0.3, 0.4) is 0 Å². The van der Waals surface area contributed by atoms with Crippen LogP contribution in [0, 0.1) is 0 Å². The predicted molar refractivity (Wildman–Crippen MR) is 130 cm³/mol. The summed E-state index contributed by atoms with van der Waals surface area (Å²) >= 11 is 0. The second-order valence-electron chi connectivity index (χ2n) is 7.13. The Morgan fingerprint density at radius 1 is 0.629 bits per heavy atom. The lowest BCUT2D eigenvalue weighted by molar-refractivity contribution is 0.0729. The Hall–Kier alpha value is -4.46. The number of esters is 1. The molecular weight excluding hydrogens is 452 g/mol. The molecule has 0 aliphatic carbocycles. The van der Waals surface area contributed by atoms with Crippen molar-refractivity contribution in [2.45, 2.75) is 0 Å². The summed E-state index contributed by atoms with van der Waals surface area (Å²) < 4.78 is 32.0. The molecule has 0 aromatic heterocycles. The molecule has 0 atom stereocenters. The number of carbonyl (C=O) groups excluding carboxylic acids is 2. The Morgan fingerprint density at radius 3 is 1.80 bits per heavy atom. The highest BCUT2D eigenvalue weighted by atomic mass is 16.5. The topological polar surface area (TPSA) is 89.5 Å². The van der Waals surface area contributed by atoms with Gasteiger partial charge in [-0.25, -0.2) is 4.79 Å². The fourth-order valence-electron chi connectivity index (χ4n) is 3.26. The van der Waals surface area contributed by atoms with Crippen molar-refractivity contribution >= 4 is 17.8 Å². The van der Waals surface area contributed by atoms with Crippen molar-refractivity contribution in [1.82, 2.24) is 0 Å². The number of benzene rings is 3. The fourth-order valence-corrected chi connectivity index (χ4v) is 3.26. The molecule has 0 unspecified atom stereocenters. The van der Waals surface area contributed by atoms with E-state index < -0.39 is 11.8 Å². The summed E-state index contributed by atoms with van der Waals surface area (Å²) in [6.07, 6.45) is 3.01. The van der Waals surface area contributed by atoms with Gasteiger partial charge in [0.15, 0.2) is 5.78 Å². The van der Waals surface area contributed by atoms with Crippen LogP contribution in [0.4, 0.5) is 0 Å². The third kappa shape index (κ3) is 5.92. The third-order valence-corrected chi connectivity index (χ3v) is 5.12. The second kappa shape index (κ2) is 11.6. The molecule has 3 aromatic rings. The molecule has 0 heterocycles. The van der Waals surface area contributed by atoms with E-state index in [4.69, 9.17) is 28.4 Å². The predicted octanol–water partition coefficient (Wildman–Crippen LogP) is 4.84. The van der Waals surface area contributed by atoms with Crippen LogP contribution in [0.1, 0.15) is 26.3 Å². The molecule has 0 aliphatic heterocycles. The van der Waals surface area contributed by atoms with Gasteiger partial charge in [0.2, 0.25) is 0 Å². The van der Waals surface area contributed by atoms with Crippen molar-refractivity contribution in [3.8, 4) is 34.5 Å². The van der Waals surface area contributed by atoms with Gasteiger partial charge < -0.3 is 28.4 Å². The molecule has 0 spiro atoms. The molecular formula is C27H26O8. The van der Waals surface area contributed by atoms with E-state index in [9.17, 15) is 9.59 Å². The van der Waals surface area contributed by atoms with Crippen LogP contribution in [0.25, 0.3) is 6.08 Å². The molecule has 0 fully saturated rings. The van der Waals surface area contributed by atoms with Gasteiger partial charge in [0.25, 0.3) is 0 Å². The fraction of sp³-hybridized carbons (Fsp3) is 0.185. The molecule has 3 aromatic carbocycles. The molecule has 0 saturated heterocycles. The van der Waals surface area contributed by atoms with Crippen molar-refractivity contribution in [2.24, 2.45) is 0 Å². The molecule has 8 nitrogen and oxygen atoms in total. The number of ketones is 1. The third-order valence-electron chi connectivity index (χ3n) is 5.12. The maximum atomic E-state index is 13.2. The van der Waals surface area contributed by atoms with Gasteiger partial charge in [-0.05, 0) is 35.9 Å². The van der Waals surface area contributed by atoms with Gasteiger partial charge in [-0.2, -0.15) is 0 Å². The zero-order valence-electron chi connectivity index (χ0n) is 20.1. The molecule has 182 valence electrons. The van der Waals surface area contributed by atoms with Crippen LogP contribution < -0.4 is 28.4 Å². The first-order chi connectivity index (χ1) is 16.9. The van der Waals surface area contributed by atoms with E-state index in [1.54, 1.807) is 43.5 Å². The van der Waals surface area contributed by atoms with Gasteiger partial charge in [-0.3, -0.25) is 4.79 Å². The van der Waals surface area contributed by atoms with Gasteiger partial charge in [0.05, 0.1) is 35.5 Å². The van der Waals surface area contributed by atoms with Crippen molar-refractivity contribution in [1.29, 1.82) is 0 Å². The van der Waals surface area contributed by atoms with Gasteiger partial charge in [0.1, 0.15) is 45.6 Å². The quantitative estimate of drug-likeness (QED) is 0.177. The summed E-state index contributed by atoms with van der Waals surface area (Å²) in [6, 6.07) is 14.9. The monoisotopic (exact) mass is 478 g/mol. The van der Waals surface area contributed by atoms with E-state index in [2.05, 4.69) is 0 Å². The van der Waals surface area contributed by atoms with E-state index in [-0.39, 0.29) is 28.4 Å². The number of hydrogen-bond acceptors (Lipinski definition) is 8. The van der Waals surface area contributed by atoms with E-state index >= 15 is 0 Å². The molecule has 35 heavy (non-hydrogen) atoms. The van der Waals surface area contributed by atoms with Gasteiger partial charge in [-0.15, -0.1) is 0 Å². The molecule has 8 heteroatoms. The summed E-state index contributed by atoms with van der Waals surface area (Å²) in [5.41, 5.74) is 1.01. The minimum Gasteiger partial charge on any atom is -0.497 e. The Balaban J connectivity index is 1.98. The minimum atomic E-state index is -0.729. The molecule has 0 saturated carbocycles. The molecule has 0 aliphatic rings. The Morgan fingerprint density at radius 2 is 1.20 bits per heavy atom. The second-order valence-corrected chi connectivity index (χ2v) is 7.13. The summed E-state index contributed by atoms with van der Waals surface area (Å²) in [4.78, 5) is 26.2. The molecule has 0 radical (unpaired) electrons. The average molecular weight is 478 g/mol. The Labute approximate surface area is 203 Å². The molecule has 0 amide bonds. The highest BCUT2D eigenvalue weighted by Gasteiger charge is 2.23. The first kappa shape index (κ1) is 25.2. The zero-order chi connectivity index (χ0) is 25.4. The van der Waals surface area contributed by atoms with Crippen molar-refractivity contribution < 1.29 is 38.0 Å². The van der Waals surface area contributed by atoms with Crippen LogP contribution >= 0.6 is 0 Å². The first-order valence-corrected chi connectivity index (χ1v) is 10.5. The highest BCUT2D eigenvalue weighted by Crippen LogP contribution is 2.36. The lowest BCUT2D eigenvalue weighted by Gasteiger charge is -2.15. The number of hydrogen-bond donors (Lipinski definition) is 0. The maximum Gasteiger partial charge on any atom is 0.347 e. The lowest BCUT2D eigenvalue weighted by atomic mass is 10.1. The number of methoxy groups -OCH3 is 5. The minimum absolute atomic E-state index is 0.0200. The van der Waals surface area contributed by atoms with Gasteiger partial charge in [-0.1, -0.05) is 18.2 Å². The van der Waals surface area contributed by atoms with Crippen molar-refractivity contribution in [2.75, 3.05) is 35.5 Å². The standard InChI is InChI=1S/C27H26O8/c1-30-18-9-6-17(7-10-18)8-13-22(28)26-24(34-5)15-20(32-3)16-25(26)35-27(29)21-12-11-19(31-2)14-23(21)33-4/h6-16H,1-5H3/b13-8+. The molecule has 0 bridgehead atoms. The first-order valence-electron chi connectivity index (χ1n) is 10.5. The summed E-state index contributed by atoms with van der Waals surface area (Å²) in [6.45, 7) is 0. The number of carbonyl (C=O) groups is 2. The normalized spacial score (nSPS) is 10.5. The number of ether oxygens (including phenoxy) is 6. The van der Waals surface area contributed by atoms with E-state index in [1.165, 1.54) is 46.6 Å². The smallest absolute Gasteiger partial charge is 0.347 e. The van der Waals surface area contributed by atoms with E-state index in [0.717, 1.165) is 5.56 Å². The largest absolute Gasteiger partial charge is 0.497 e. The molecule has 3 rings (SSSR count). The lowest BCUT2D eigenvalue weighted by Crippen LogP contribution is -2.13. The Kier molecular flexibility index (Phi) is 8.34. The maximum absolute atomic E-state index is 13.2. The van der Waals surface area contributed by atoms with Crippen molar-refractivity contribution in [3.05, 3.63) is 77.4 Å². The SMILES string of the molecule is COc1ccc(/C=C/C(=O)c2c(OC)cc(OC)cc2OC(=O)c2ccc(OC)cc2OC)cc1. The van der Waals surface area contributed by atoms with Crippen LogP contribution in [0.2, 0.25) is 0 Å². The van der Waals surface area contributed by atoms with Crippen LogP contribution in [-0.4, -0.2) is 47.3 Å². The highest BCUT2D eigenvalue weighted by molar-refractivity contribution is 6.11. The summed E-state index contributed by atoms with van der Waals surface area (Å²) in [7, 11) is 7.38. The number of allylic oxidation sites excluding steroid dienone is 1. The van der Waals surface area contributed by atoms with Gasteiger partial charge >= 0.3 is 5.97 Å². The van der Waals surface area contributed by atoms with E-state index in [1.807, 2.05) is 12.1 Å². The van der Waals surface area contributed by atoms with Crippen LogP contribution in [-0.2, 0) is 0 Å². The van der Waals surface area contributed by atoms with E-state index in [0.29, 0.717) is 17.2 Å². The van der Waals surface area contributed by atoms with Crippen LogP contribution in [0.15, 0.2) is 60.7 Å². The van der Waals surface area contributed by atoms with Crippen LogP contribution in [0.5, 0.6) is 34.5 Å².